The van der Waals surface area contributed by atoms with Crippen LogP contribution in [0.5, 0.6) is 11.5 Å². The first kappa shape index (κ1) is 25.5. The minimum Gasteiger partial charge on any atom is -0.490 e. The van der Waals surface area contributed by atoms with Crippen LogP contribution >= 0.6 is 23.8 Å². The van der Waals surface area contributed by atoms with Gasteiger partial charge in [-0.05, 0) is 67.5 Å². The van der Waals surface area contributed by atoms with E-state index < -0.39 is 0 Å². The lowest BCUT2D eigenvalue weighted by molar-refractivity contribution is 0.0951. The Labute approximate surface area is 218 Å². The number of H-pyrrole nitrogens is 1. The maximum atomic E-state index is 13.3. The van der Waals surface area contributed by atoms with Crippen molar-refractivity contribution in [2.24, 2.45) is 0 Å². The average Bonchev–Trinajstić information content (AvgIpc) is 2.87. The largest absolute Gasteiger partial charge is 0.490 e. The summed E-state index contributed by atoms with van der Waals surface area (Å²) in [6, 6.07) is 17.8. The molecule has 2 N–H and O–H groups in total. The van der Waals surface area contributed by atoms with Crippen molar-refractivity contribution in [2.75, 3.05) is 13.2 Å². The highest BCUT2D eigenvalue weighted by Gasteiger charge is 2.13. The van der Waals surface area contributed by atoms with E-state index in [1.54, 1.807) is 36.4 Å². The third kappa shape index (κ3) is 5.78. The fourth-order valence-corrected chi connectivity index (χ4v) is 4.15. The second-order valence-corrected chi connectivity index (χ2v) is 8.86. The van der Waals surface area contributed by atoms with Crippen molar-refractivity contribution in [3.63, 3.8) is 0 Å². The first-order chi connectivity index (χ1) is 17.4. The summed E-state index contributed by atoms with van der Waals surface area (Å²) in [6.45, 7) is 5.33. The van der Waals surface area contributed by atoms with Crippen molar-refractivity contribution in [3.8, 4) is 11.5 Å². The lowest BCUT2D eigenvalue weighted by atomic mass is 10.1. The molecule has 0 aliphatic carbocycles. The fraction of sp³-hybridized carbons (Fsp3) is 0.222. The number of ether oxygens (including phenoxy) is 2. The van der Waals surface area contributed by atoms with E-state index >= 15 is 0 Å². The van der Waals surface area contributed by atoms with Gasteiger partial charge in [0.25, 0.3) is 11.5 Å². The maximum Gasteiger partial charge on any atom is 0.262 e. The molecule has 0 spiro atoms. The highest BCUT2D eigenvalue weighted by atomic mass is 35.5. The highest BCUT2D eigenvalue weighted by molar-refractivity contribution is 7.71. The summed E-state index contributed by atoms with van der Waals surface area (Å²) < 4.78 is 13.1. The molecule has 9 heteroatoms. The SMILES string of the molecule is CCOc1cc2[nH]c(=S)n(Cc3ccc(C(=O)NCc4ccc(Cl)cc4)cc3)c(=O)c2cc1OCC. The molecule has 0 aliphatic rings. The Hall–Kier alpha value is -3.62. The second-order valence-electron chi connectivity index (χ2n) is 8.04. The van der Waals surface area contributed by atoms with Crippen LogP contribution in [0.25, 0.3) is 10.9 Å². The van der Waals surface area contributed by atoms with Gasteiger partial charge in [0.15, 0.2) is 16.3 Å². The van der Waals surface area contributed by atoms with Crippen molar-refractivity contribution in [1.82, 2.24) is 14.9 Å². The van der Waals surface area contributed by atoms with Gasteiger partial charge in [-0.15, -0.1) is 0 Å². The third-order valence-electron chi connectivity index (χ3n) is 5.57. The molecule has 0 saturated heterocycles. The Balaban J connectivity index is 1.53. The number of nitrogens with zero attached hydrogens (tertiary/aromatic N) is 1. The van der Waals surface area contributed by atoms with Gasteiger partial charge in [0.2, 0.25) is 0 Å². The molecule has 4 aromatic rings. The predicted molar refractivity (Wildman–Crippen MR) is 144 cm³/mol. The minimum absolute atomic E-state index is 0.190. The molecule has 0 radical (unpaired) electrons. The van der Waals surface area contributed by atoms with Crippen LogP contribution in [0.2, 0.25) is 5.02 Å². The van der Waals surface area contributed by atoms with Crippen molar-refractivity contribution in [3.05, 3.63) is 97.5 Å². The summed E-state index contributed by atoms with van der Waals surface area (Å²) in [5.41, 5.74) is 2.66. The number of carbonyl (C=O) groups is 1. The number of benzene rings is 3. The van der Waals surface area contributed by atoms with E-state index in [0.29, 0.717) is 57.5 Å². The number of rotatable bonds is 9. The topological polar surface area (TPSA) is 85.4 Å². The van der Waals surface area contributed by atoms with Gasteiger partial charge in [-0.1, -0.05) is 35.9 Å². The summed E-state index contributed by atoms with van der Waals surface area (Å²) in [5.74, 6) is 0.875. The molecular formula is C27H26ClN3O4S. The molecule has 1 aromatic heterocycles. The zero-order chi connectivity index (χ0) is 25.7. The Kier molecular flexibility index (Phi) is 8.07. The highest BCUT2D eigenvalue weighted by Crippen LogP contribution is 2.31. The lowest BCUT2D eigenvalue weighted by Gasteiger charge is -2.14. The molecule has 0 saturated carbocycles. The Morgan fingerprint density at radius 1 is 0.972 bits per heavy atom. The summed E-state index contributed by atoms with van der Waals surface area (Å²) in [5, 5.41) is 3.99. The molecular weight excluding hydrogens is 498 g/mol. The minimum atomic E-state index is -0.234. The van der Waals surface area contributed by atoms with Crippen LogP contribution in [0, 0.1) is 4.77 Å². The number of halogens is 1. The third-order valence-corrected chi connectivity index (χ3v) is 6.14. The van der Waals surface area contributed by atoms with Crippen molar-refractivity contribution in [1.29, 1.82) is 0 Å². The number of hydrogen-bond acceptors (Lipinski definition) is 5. The van der Waals surface area contributed by atoms with Crippen molar-refractivity contribution < 1.29 is 14.3 Å². The number of hydrogen-bond donors (Lipinski definition) is 2. The van der Waals surface area contributed by atoms with Crippen molar-refractivity contribution in [2.45, 2.75) is 26.9 Å². The Morgan fingerprint density at radius 3 is 2.22 bits per heavy atom. The zero-order valence-electron chi connectivity index (χ0n) is 20.0. The molecule has 7 nitrogen and oxygen atoms in total. The van der Waals surface area contributed by atoms with E-state index in [9.17, 15) is 9.59 Å². The van der Waals surface area contributed by atoms with E-state index in [2.05, 4.69) is 10.3 Å². The van der Waals surface area contributed by atoms with E-state index in [4.69, 9.17) is 33.3 Å². The van der Waals surface area contributed by atoms with Crippen LogP contribution in [0.4, 0.5) is 0 Å². The van der Waals surface area contributed by atoms with Gasteiger partial charge >= 0.3 is 0 Å². The number of aromatic nitrogens is 2. The number of nitrogens with one attached hydrogen (secondary N) is 2. The van der Waals surface area contributed by atoms with E-state index in [-0.39, 0.29) is 18.0 Å². The first-order valence-corrected chi connectivity index (χ1v) is 12.4. The van der Waals surface area contributed by atoms with Gasteiger partial charge in [0.1, 0.15) is 0 Å². The van der Waals surface area contributed by atoms with E-state index in [1.807, 2.05) is 38.1 Å². The van der Waals surface area contributed by atoms with Gasteiger partial charge in [-0.25, -0.2) is 0 Å². The maximum absolute atomic E-state index is 13.3. The average molecular weight is 524 g/mol. The monoisotopic (exact) mass is 523 g/mol. The van der Waals surface area contributed by atoms with Crippen LogP contribution in [0.15, 0.2) is 65.5 Å². The molecule has 4 rings (SSSR count). The molecule has 3 aromatic carbocycles. The quantitative estimate of drug-likeness (QED) is 0.283. The molecule has 0 atom stereocenters. The van der Waals surface area contributed by atoms with Crippen LogP contribution < -0.4 is 20.3 Å². The zero-order valence-corrected chi connectivity index (χ0v) is 21.5. The number of aromatic amines is 1. The second kappa shape index (κ2) is 11.4. The predicted octanol–water partition coefficient (Wildman–Crippen LogP) is 5.49. The summed E-state index contributed by atoms with van der Waals surface area (Å²) in [6.07, 6.45) is 0. The van der Waals surface area contributed by atoms with Gasteiger partial charge in [-0.3, -0.25) is 14.2 Å². The first-order valence-electron chi connectivity index (χ1n) is 11.6. The number of carbonyl (C=O) groups excluding carboxylic acids is 1. The molecule has 36 heavy (non-hydrogen) atoms. The van der Waals surface area contributed by atoms with E-state index in [0.717, 1.165) is 11.1 Å². The summed E-state index contributed by atoms with van der Waals surface area (Å²) in [4.78, 5) is 29.0. The Morgan fingerprint density at radius 2 is 1.58 bits per heavy atom. The Bertz CT molecular complexity index is 1500. The number of amides is 1. The van der Waals surface area contributed by atoms with E-state index in [1.165, 1.54) is 4.57 Å². The smallest absolute Gasteiger partial charge is 0.262 e. The summed E-state index contributed by atoms with van der Waals surface area (Å²) >= 11 is 11.4. The van der Waals surface area contributed by atoms with Gasteiger partial charge in [0.05, 0.1) is 30.7 Å². The molecule has 0 bridgehead atoms. The van der Waals surface area contributed by atoms with Crippen LogP contribution in [-0.4, -0.2) is 28.7 Å². The van der Waals surface area contributed by atoms with Crippen LogP contribution in [0.1, 0.15) is 35.3 Å². The fourth-order valence-electron chi connectivity index (χ4n) is 3.77. The van der Waals surface area contributed by atoms with Crippen LogP contribution in [0.3, 0.4) is 0 Å². The molecule has 0 fully saturated rings. The van der Waals surface area contributed by atoms with Gasteiger partial charge < -0.3 is 19.8 Å². The van der Waals surface area contributed by atoms with Gasteiger partial charge in [0, 0.05) is 23.2 Å². The normalized spacial score (nSPS) is 10.9. The van der Waals surface area contributed by atoms with Gasteiger partial charge in [-0.2, -0.15) is 0 Å². The number of fused-ring (bicyclic) bond motifs is 1. The molecule has 186 valence electrons. The molecule has 1 amide bonds. The summed E-state index contributed by atoms with van der Waals surface area (Å²) in [7, 11) is 0. The molecule has 0 unspecified atom stereocenters. The molecule has 1 heterocycles. The van der Waals surface area contributed by atoms with Crippen LogP contribution in [-0.2, 0) is 13.1 Å². The lowest BCUT2D eigenvalue weighted by Crippen LogP contribution is -2.24. The molecule has 0 aliphatic heterocycles. The standard InChI is InChI=1S/C27H26ClN3O4S/c1-3-34-23-13-21-22(14-24(23)35-4-2)30-27(36)31(26(21)33)16-18-5-9-19(10-6-18)25(32)29-15-17-7-11-20(28)12-8-17/h5-14H,3-4,15-16H2,1-2H3,(H,29,32)(H,30,36). The van der Waals surface area contributed by atoms with Crippen molar-refractivity contribution >= 4 is 40.6 Å².